The largest absolute Gasteiger partial charge is 0.493 e. The number of halogens is 1. The SMILES string of the molecule is CC(C)CCOc1ccc(Br)cc1C(=O)Nc1cccc(C(=O)O)c1. The van der Waals surface area contributed by atoms with Crippen molar-refractivity contribution in [2.75, 3.05) is 11.9 Å². The molecule has 0 aliphatic rings. The lowest BCUT2D eigenvalue weighted by atomic mass is 10.1. The van der Waals surface area contributed by atoms with E-state index in [4.69, 9.17) is 9.84 Å². The number of nitrogens with one attached hydrogen (secondary N) is 1. The van der Waals surface area contributed by atoms with Crippen LogP contribution in [-0.2, 0) is 0 Å². The van der Waals surface area contributed by atoms with Crippen molar-refractivity contribution < 1.29 is 19.4 Å². The maximum atomic E-state index is 12.6. The predicted octanol–water partition coefficient (Wildman–Crippen LogP) is 4.82. The van der Waals surface area contributed by atoms with Crippen LogP contribution in [-0.4, -0.2) is 23.6 Å². The maximum absolute atomic E-state index is 12.6. The fraction of sp³-hybridized carbons (Fsp3) is 0.263. The Balaban J connectivity index is 2.18. The Kier molecular flexibility index (Phi) is 6.58. The summed E-state index contributed by atoms with van der Waals surface area (Å²) in [6, 6.07) is 11.3. The highest BCUT2D eigenvalue weighted by atomic mass is 79.9. The van der Waals surface area contributed by atoms with Crippen LogP contribution in [0.4, 0.5) is 5.69 Å². The molecule has 0 saturated heterocycles. The quantitative estimate of drug-likeness (QED) is 0.691. The van der Waals surface area contributed by atoms with E-state index in [-0.39, 0.29) is 11.5 Å². The zero-order valence-electron chi connectivity index (χ0n) is 14.1. The predicted molar refractivity (Wildman–Crippen MR) is 100 cm³/mol. The van der Waals surface area contributed by atoms with Gasteiger partial charge in [0.05, 0.1) is 17.7 Å². The Bertz CT molecular complexity index is 774. The van der Waals surface area contributed by atoms with Crippen molar-refractivity contribution in [2.24, 2.45) is 5.92 Å². The van der Waals surface area contributed by atoms with Gasteiger partial charge in [-0.3, -0.25) is 4.79 Å². The molecule has 0 fully saturated rings. The van der Waals surface area contributed by atoms with Gasteiger partial charge >= 0.3 is 5.97 Å². The van der Waals surface area contributed by atoms with Crippen LogP contribution in [0.25, 0.3) is 0 Å². The number of benzene rings is 2. The summed E-state index contributed by atoms with van der Waals surface area (Å²) in [5.41, 5.74) is 0.914. The van der Waals surface area contributed by atoms with Crippen LogP contribution in [0.2, 0.25) is 0 Å². The molecule has 0 aromatic heterocycles. The highest BCUT2D eigenvalue weighted by Crippen LogP contribution is 2.25. The van der Waals surface area contributed by atoms with E-state index in [9.17, 15) is 9.59 Å². The lowest BCUT2D eigenvalue weighted by Crippen LogP contribution is -2.15. The summed E-state index contributed by atoms with van der Waals surface area (Å²) in [5.74, 6) is -0.401. The summed E-state index contributed by atoms with van der Waals surface area (Å²) in [5, 5.41) is 11.8. The molecule has 25 heavy (non-hydrogen) atoms. The molecule has 0 saturated carbocycles. The van der Waals surface area contributed by atoms with Gasteiger partial charge < -0.3 is 15.2 Å². The van der Waals surface area contributed by atoms with Crippen LogP contribution < -0.4 is 10.1 Å². The molecular weight excluding hydrogens is 386 g/mol. The Hall–Kier alpha value is -2.34. The zero-order valence-corrected chi connectivity index (χ0v) is 15.7. The van der Waals surface area contributed by atoms with Crippen molar-refractivity contribution >= 4 is 33.5 Å². The van der Waals surface area contributed by atoms with Gasteiger partial charge in [-0.25, -0.2) is 4.79 Å². The first-order valence-electron chi connectivity index (χ1n) is 7.94. The molecule has 0 spiro atoms. The number of aromatic carboxylic acids is 1. The maximum Gasteiger partial charge on any atom is 0.335 e. The molecule has 0 aliphatic heterocycles. The molecule has 2 aromatic rings. The molecule has 2 aromatic carbocycles. The number of hydrogen-bond acceptors (Lipinski definition) is 3. The Labute approximate surface area is 155 Å². The van der Waals surface area contributed by atoms with E-state index in [1.54, 1.807) is 24.3 Å². The molecule has 0 bridgehead atoms. The summed E-state index contributed by atoms with van der Waals surface area (Å²) >= 11 is 3.36. The van der Waals surface area contributed by atoms with E-state index in [1.807, 2.05) is 6.07 Å². The molecule has 0 aliphatic carbocycles. The van der Waals surface area contributed by atoms with Crippen LogP contribution in [0.1, 0.15) is 41.0 Å². The van der Waals surface area contributed by atoms with Crippen LogP contribution >= 0.6 is 15.9 Å². The molecule has 2 N–H and O–H groups in total. The van der Waals surface area contributed by atoms with Crippen molar-refractivity contribution in [3.05, 3.63) is 58.1 Å². The number of amides is 1. The van der Waals surface area contributed by atoms with Crippen molar-refractivity contribution in [2.45, 2.75) is 20.3 Å². The third-order valence-corrected chi connectivity index (χ3v) is 4.00. The van der Waals surface area contributed by atoms with E-state index >= 15 is 0 Å². The lowest BCUT2D eigenvalue weighted by molar-refractivity contribution is 0.0696. The molecule has 2 rings (SSSR count). The fourth-order valence-electron chi connectivity index (χ4n) is 2.14. The Morgan fingerprint density at radius 1 is 1.20 bits per heavy atom. The summed E-state index contributed by atoms with van der Waals surface area (Å²) in [6.45, 7) is 4.73. The molecule has 0 unspecified atom stereocenters. The second-order valence-corrected chi connectivity index (χ2v) is 6.93. The number of hydrogen-bond donors (Lipinski definition) is 2. The number of carboxylic acids is 1. The second-order valence-electron chi connectivity index (χ2n) is 6.01. The molecular formula is C19H20BrNO4. The Morgan fingerprint density at radius 3 is 2.64 bits per heavy atom. The minimum absolute atomic E-state index is 0.112. The van der Waals surface area contributed by atoms with Crippen LogP contribution in [0.3, 0.4) is 0 Å². The van der Waals surface area contributed by atoms with Crippen molar-refractivity contribution in [3.8, 4) is 5.75 Å². The smallest absolute Gasteiger partial charge is 0.335 e. The van der Waals surface area contributed by atoms with Gasteiger partial charge in [-0.2, -0.15) is 0 Å². The second kappa shape index (κ2) is 8.67. The van der Waals surface area contributed by atoms with Crippen LogP contribution in [0.5, 0.6) is 5.75 Å². The van der Waals surface area contributed by atoms with E-state index in [0.717, 1.165) is 10.9 Å². The minimum Gasteiger partial charge on any atom is -0.493 e. The molecule has 1 amide bonds. The van der Waals surface area contributed by atoms with Gasteiger partial charge in [0.2, 0.25) is 0 Å². The molecule has 0 radical (unpaired) electrons. The van der Waals surface area contributed by atoms with Gasteiger partial charge in [0.15, 0.2) is 0 Å². The van der Waals surface area contributed by atoms with Gasteiger partial charge in [-0.15, -0.1) is 0 Å². The summed E-state index contributed by atoms with van der Waals surface area (Å²) < 4.78 is 6.51. The van der Waals surface area contributed by atoms with Gasteiger partial charge in [0.25, 0.3) is 5.91 Å². The first kappa shape index (κ1) is 19.0. The fourth-order valence-corrected chi connectivity index (χ4v) is 2.50. The Morgan fingerprint density at radius 2 is 1.96 bits per heavy atom. The van der Waals surface area contributed by atoms with Crippen molar-refractivity contribution in [1.29, 1.82) is 0 Å². The first-order chi connectivity index (χ1) is 11.9. The number of carboxylic acid groups (broad SMARTS) is 1. The van der Waals surface area contributed by atoms with E-state index in [0.29, 0.717) is 29.5 Å². The van der Waals surface area contributed by atoms with E-state index < -0.39 is 5.97 Å². The van der Waals surface area contributed by atoms with Gasteiger partial charge in [0, 0.05) is 10.2 Å². The highest BCUT2D eigenvalue weighted by Gasteiger charge is 2.15. The number of ether oxygens (including phenoxy) is 1. The summed E-state index contributed by atoms with van der Waals surface area (Å²) in [4.78, 5) is 23.6. The molecule has 5 nitrogen and oxygen atoms in total. The normalized spacial score (nSPS) is 10.6. The monoisotopic (exact) mass is 405 g/mol. The van der Waals surface area contributed by atoms with Gasteiger partial charge in [-0.1, -0.05) is 35.8 Å². The number of carbonyl (C=O) groups is 2. The van der Waals surface area contributed by atoms with Crippen LogP contribution in [0, 0.1) is 5.92 Å². The topological polar surface area (TPSA) is 75.6 Å². The number of carbonyl (C=O) groups excluding carboxylic acids is 1. The van der Waals surface area contributed by atoms with Gasteiger partial charge in [-0.05, 0) is 48.7 Å². The standard InChI is InChI=1S/C19H20BrNO4/c1-12(2)8-9-25-17-7-6-14(20)11-16(17)18(22)21-15-5-3-4-13(10-15)19(23)24/h3-7,10-12H,8-9H2,1-2H3,(H,21,22)(H,23,24). The summed E-state index contributed by atoms with van der Waals surface area (Å²) in [6.07, 6.45) is 0.887. The molecule has 132 valence electrons. The summed E-state index contributed by atoms with van der Waals surface area (Å²) in [7, 11) is 0. The van der Waals surface area contributed by atoms with Crippen molar-refractivity contribution in [3.63, 3.8) is 0 Å². The van der Waals surface area contributed by atoms with Gasteiger partial charge in [0.1, 0.15) is 5.75 Å². The zero-order chi connectivity index (χ0) is 18.4. The van der Waals surface area contributed by atoms with Crippen molar-refractivity contribution in [1.82, 2.24) is 0 Å². The third-order valence-electron chi connectivity index (χ3n) is 3.51. The van der Waals surface area contributed by atoms with Crippen LogP contribution in [0.15, 0.2) is 46.9 Å². The average Bonchev–Trinajstić information content (AvgIpc) is 2.56. The number of anilines is 1. The molecule has 6 heteroatoms. The average molecular weight is 406 g/mol. The third kappa shape index (κ3) is 5.60. The molecule has 0 heterocycles. The number of rotatable bonds is 7. The highest BCUT2D eigenvalue weighted by molar-refractivity contribution is 9.10. The first-order valence-corrected chi connectivity index (χ1v) is 8.73. The molecule has 0 atom stereocenters. The van der Waals surface area contributed by atoms with E-state index in [1.165, 1.54) is 12.1 Å². The minimum atomic E-state index is -1.05. The lowest BCUT2D eigenvalue weighted by Gasteiger charge is -2.13. The van der Waals surface area contributed by atoms with E-state index in [2.05, 4.69) is 35.1 Å².